The smallest absolute Gasteiger partial charge is 0.178 e. The molecule has 0 unspecified atom stereocenters. The molecule has 0 radical (unpaired) electrons. The van der Waals surface area contributed by atoms with E-state index in [-0.39, 0.29) is 5.11 Å². The number of rotatable bonds is 7. The molecule has 5 heteroatoms. The average Bonchev–Trinajstić information content (AvgIpc) is 2.02. The summed E-state index contributed by atoms with van der Waals surface area (Å²) in [7, 11) is 1.71. The Kier molecular flexibility index (Phi) is 8.42. The van der Waals surface area contributed by atoms with Crippen molar-refractivity contribution >= 4 is 17.3 Å². The maximum absolute atomic E-state index is 5.19. The normalized spacial score (nSPS) is 9.75. The minimum Gasteiger partial charge on any atom is -0.385 e. The molecule has 0 aliphatic heterocycles. The number of thiocarbonyl (C=S) groups is 1. The molecule has 0 spiro atoms. The molecule has 0 saturated carbocycles. The number of nitrogens with two attached hydrogens (primary N) is 1. The Morgan fingerprint density at radius 1 is 1.42 bits per heavy atom. The lowest BCUT2D eigenvalue weighted by molar-refractivity contribution is 0.192. The van der Waals surface area contributed by atoms with Crippen molar-refractivity contribution in [2.45, 2.75) is 19.3 Å². The number of nitrogens with one attached hydrogen (secondary N) is 2. The highest BCUT2D eigenvalue weighted by Gasteiger charge is 1.88. The number of unbranched alkanes of at least 4 members (excludes halogenated alkanes) is 2. The summed E-state index contributed by atoms with van der Waals surface area (Å²) in [4.78, 5) is 0. The van der Waals surface area contributed by atoms with E-state index in [0.29, 0.717) is 0 Å². The minimum absolute atomic E-state index is 0.284. The fourth-order valence-corrected chi connectivity index (χ4v) is 0.858. The van der Waals surface area contributed by atoms with E-state index >= 15 is 0 Å². The molecular formula is C7H17N3OS. The molecular weight excluding hydrogens is 174 g/mol. The fraction of sp³-hybridized carbons (Fsp3) is 0.857. The molecule has 0 aromatic rings. The van der Waals surface area contributed by atoms with Gasteiger partial charge in [0.15, 0.2) is 5.11 Å². The van der Waals surface area contributed by atoms with E-state index in [2.05, 4.69) is 23.1 Å². The van der Waals surface area contributed by atoms with Gasteiger partial charge in [0.2, 0.25) is 0 Å². The molecule has 0 aromatic heterocycles. The van der Waals surface area contributed by atoms with E-state index in [9.17, 15) is 0 Å². The molecule has 0 aromatic carbocycles. The van der Waals surface area contributed by atoms with Crippen LogP contribution in [-0.4, -0.2) is 25.4 Å². The summed E-state index contributed by atoms with van der Waals surface area (Å²) in [5, 5.41) is 0.284. The highest BCUT2D eigenvalue weighted by atomic mass is 32.1. The lowest BCUT2D eigenvalue weighted by atomic mass is 10.2. The summed E-state index contributed by atoms with van der Waals surface area (Å²) in [5.74, 6) is 0. The van der Waals surface area contributed by atoms with Crippen molar-refractivity contribution in [2.75, 3.05) is 20.3 Å². The van der Waals surface area contributed by atoms with Crippen LogP contribution < -0.4 is 16.6 Å². The Morgan fingerprint density at radius 3 is 2.75 bits per heavy atom. The maximum atomic E-state index is 5.19. The Balaban J connectivity index is 2.86. The predicted octanol–water partition coefficient (Wildman–Crippen LogP) is 0.141. The first kappa shape index (κ1) is 11.6. The summed E-state index contributed by atoms with van der Waals surface area (Å²) in [6, 6.07) is 0. The topological polar surface area (TPSA) is 59.3 Å². The molecule has 0 amide bonds. The number of hydrazine groups is 1. The molecule has 0 rings (SSSR count). The second kappa shape index (κ2) is 8.70. The largest absolute Gasteiger partial charge is 0.385 e. The third-order valence-electron chi connectivity index (χ3n) is 1.36. The molecule has 72 valence electrons. The fourth-order valence-electron chi connectivity index (χ4n) is 0.786. The molecule has 0 heterocycles. The van der Waals surface area contributed by atoms with Gasteiger partial charge in [-0.15, -0.1) is 0 Å². The van der Waals surface area contributed by atoms with Gasteiger partial charge in [0.1, 0.15) is 0 Å². The quantitative estimate of drug-likeness (QED) is 0.304. The van der Waals surface area contributed by atoms with Crippen molar-refractivity contribution in [1.82, 2.24) is 10.9 Å². The van der Waals surface area contributed by atoms with Crippen LogP contribution in [0.2, 0.25) is 0 Å². The third kappa shape index (κ3) is 9.61. The van der Waals surface area contributed by atoms with Crippen LogP contribution in [0, 0.1) is 0 Å². The van der Waals surface area contributed by atoms with Crippen LogP contribution >= 0.6 is 12.2 Å². The Bertz CT molecular complexity index is 121. The summed E-state index contributed by atoms with van der Waals surface area (Å²) in [6.07, 6.45) is 3.35. The van der Waals surface area contributed by atoms with E-state index in [1.807, 2.05) is 0 Å². The van der Waals surface area contributed by atoms with Gasteiger partial charge in [-0.1, -0.05) is 0 Å². The molecule has 4 nitrogen and oxygen atoms in total. The van der Waals surface area contributed by atoms with Gasteiger partial charge in [-0.05, 0) is 31.5 Å². The van der Waals surface area contributed by atoms with Crippen LogP contribution in [0.5, 0.6) is 0 Å². The van der Waals surface area contributed by atoms with Gasteiger partial charge in [0.25, 0.3) is 0 Å². The maximum Gasteiger partial charge on any atom is 0.178 e. The molecule has 0 atom stereocenters. The van der Waals surface area contributed by atoms with Gasteiger partial charge in [-0.3, -0.25) is 5.43 Å². The number of hydrogen-bond donors (Lipinski definition) is 3. The SMILES string of the molecule is COCCCCCNNC(N)=S. The Hall–Kier alpha value is -0.390. The molecule has 0 aliphatic rings. The highest BCUT2D eigenvalue weighted by Crippen LogP contribution is 1.92. The van der Waals surface area contributed by atoms with Crippen LogP contribution in [0.15, 0.2) is 0 Å². The van der Waals surface area contributed by atoms with Crippen LogP contribution in [0.4, 0.5) is 0 Å². The van der Waals surface area contributed by atoms with E-state index in [4.69, 9.17) is 10.5 Å². The summed E-state index contributed by atoms with van der Waals surface area (Å²) >= 11 is 4.60. The first-order chi connectivity index (χ1) is 5.77. The van der Waals surface area contributed by atoms with Crippen LogP contribution in [0.3, 0.4) is 0 Å². The van der Waals surface area contributed by atoms with Gasteiger partial charge >= 0.3 is 0 Å². The van der Waals surface area contributed by atoms with Crippen molar-refractivity contribution < 1.29 is 4.74 Å². The molecule has 0 aliphatic carbocycles. The standard InChI is InChI=1S/C7H17N3OS/c1-11-6-4-2-3-5-9-10-7(8)12/h9H,2-6H2,1H3,(H3,8,10,12). The number of methoxy groups -OCH3 is 1. The monoisotopic (exact) mass is 191 g/mol. The zero-order valence-electron chi connectivity index (χ0n) is 7.43. The summed E-state index contributed by atoms with van der Waals surface area (Å²) in [6.45, 7) is 1.71. The zero-order valence-corrected chi connectivity index (χ0v) is 8.25. The second-order valence-corrected chi connectivity index (χ2v) is 2.91. The minimum atomic E-state index is 0.284. The third-order valence-corrected chi connectivity index (χ3v) is 1.46. The lowest BCUT2D eigenvalue weighted by Gasteiger charge is -2.05. The highest BCUT2D eigenvalue weighted by molar-refractivity contribution is 7.80. The van der Waals surface area contributed by atoms with Gasteiger partial charge < -0.3 is 10.5 Å². The van der Waals surface area contributed by atoms with Gasteiger partial charge in [-0.2, -0.15) is 0 Å². The van der Waals surface area contributed by atoms with Crippen molar-refractivity contribution in [1.29, 1.82) is 0 Å². The lowest BCUT2D eigenvalue weighted by Crippen LogP contribution is -2.41. The average molecular weight is 191 g/mol. The van der Waals surface area contributed by atoms with Gasteiger partial charge in [-0.25, -0.2) is 5.43 Å². The summed E-state index contributed by atoms with van der Waals surface area (Å²) in [5.41, 5.74) is 10.8. The van der Waals surface area contributed by atoms with Crippen molar-refractivity contribution in [3.8, 4) is 0 Å². The molecule has 4 N–H and O–H groups in total. The van der Waals surface area contributed by atoms with Crippen LogP contribution in [0.1, 0.15) is 19.3 Å². The number of hydrogen-bond acceptors (Lipinski definition) is 3. The van der Waals surface area contributed by atoms with Crippen LogP contribution in [-0.2, 0) is 4.74 Å². The van der Waals surface area contributed by atoms with E-state index in [1.54, 1.807) is 7.11 Å². The van der Waals surface area contributed by atoms with Gasteiger partial charge in [0.05, 0.1) is 0 Å². The van der Waals surface area contributed by atoms with Crippen molar-refractivity contribution in [2.24, 2.45) is 5.73 Å². The second-order valence-electron chi connectivity index (χ2n) is 2.47. The van der Waals surface area contributed by atoms with E-state index in [1.165, 1.54) is 0 Å². The van der Waals surface area contributed by atoms with E-state index in [0.717, 1.165) is 32.4 Å². The van der Waals surface area contributed by atoms with E-state index < -0.39 is 0 Å². The van der Waals surface area contributed by atoms with Gasteiger partial charge in [0, 0.05) is 20.3 Å². The van der Waals surface area contributed by atoms with Crippen molar-refractivity contribution in [3.63, 3.8) is 0 Å². The number of ether oxygens (including phenoxy) is 1. The first-order valence-electron chi connectivity index (χ1n) is 4.04. The molecule has 0 saturated heterocycles. The zero-order chi connectivity index (χ0) is 9.23. The van der Waals surface area contributed by atoms with Crippen molar-refractivity contribution in [3.05, 3.63) is 0 Å². The predicted molar refractivity (Wildman–Crippen MR) is 53.7 cm³/mol. The molecule has 0 fully saturated rings. The first-order valence-corrected chi connectivity index (χ1v) is 4.45. The Morgan fingerprint density at radius 2 is 2.17 bits per heavy atom. The van der Waals surface area contributed by atoms with Crippen LogP contribution in [0.25, 0.3) is 0 Å². The Labute approximate surface area is 78.8 Å². The summed E-state index contributed by atoms with van der Waals surface area (Å²) < 4.78 is 4.91. The molecule has 12 heavy (non-hydrogen) atoms. The molecule has 0 bridgehead atoms.